The average molecular weight is 258 g/mol. The molecule has 1 aromatic carbocycles. The Morgan fingerprint density at radius 2 is 1.65 bits per heavy atom. The van der Waals surface area contributed by atoms with Crippen LogP contribution in [-0.4, -0.2) is 9.55 Å². The van der Waals surface area contributed by atoms with Crippen LogP contribution in [0.4, 0.5) is 0 Å². The maximum Gasteiger partial charge on any atom is 0.177 e. The van der Waals surface area contributed by atoms with Crippen LogP contribution in [-0.2, 0) is 6.54 Å². The molecule has 20 heavy (non-hydrogen) atoms. The minimum atomic E-state index is -0.0765. The van der Waals surface area contributed by atoms with Crippen molar-refractivity contribution in [1.29, 1.82) is 21.0 Å². The third-order valence-corrected chi connectivity index (χ3v) is 2.68. The summed E-state index contributed by atoms with van der Waals surface area (Å²) >= 11 is 0. The molecular formula is C14H6N6. The molecule has 0 fully saturated rings. The molecule has 0 aliphatic heterocycles. The van der Waals surface area contributed by atoms with Crippen LogP contribution in [0.25, 0.3) is 11.4 Å². The lowest BCUT2D eigenvalue weighted by Gasteiger charge is -2.04. The maximum absolute atomic E-state index is 9.09. The van der Waals surface area contributed by atoms with Crippen LogP contribution >= 0.6 is 0 Å². The second-order valence-electron chi connectivity index (χ2n) is 3.79. The molecular weight excluding hydrogens is 252 g/mol. The first kappa shape index (κ1) is 12.8. The van der Waals surface area contributed by atoms with Gasteiger partial charge < -0.3 is 4.57 Å². The van der Waals surface area contributed by atoms with Crippen LogP contribution in [0, 0.1) is 45.3 Å². The number of hydrogen-bond donors (Lipinski definition) is 0. The summed E-state index contributed by atoms with van der Waals surface area (Å²) in [6.45, 7) is -0.0765. The Bertz CT molecular complexity index is 815. The number of nitriles is 4. The Balaban J connectivity index is 2.65. The summed E-state index contributed by atoms with van der Waals surface area (Å²) in [5.41, 5.74) is 1.18. The van der Waals surface area contributed by atoms with Crippen LogP contribution in [0.2, 0.25) is 0 Å². The highest BCUT2D eigenvalue weighted by molar-refractivity contribution is 5.61. The monoisotopic (exact) mass is 258 g/mol. The van der Waals surface area contributed by atoms with Crippen LogP contribution in [0.3, 0.4) is 0 Å². The molecule has 0 bridgehead atoms. The molecule has 6 heteroatoms. The van der Waals surface area contributed by atoms with E-state index in [9.17, 15) is 0 Å². The van der Waals surface area contributed by atoms with Gasteiger partial charge in [0.2, 0.25) is 0 Å². The smallest absolute Gasteiger partial charge is 0.177 e. The molecule has 0 aliphatic rings. The molecule has 2 rings (SSSR count). The van der Waals surface area contributed by atoms with E-state index in [0.29, 0.717) is 17.0 Å². The van der Waals surface area contributed by atoms with E-state index < -0.39 is 0 Å². The zero-order valence-electron chi connectivity index (χ0n) is 10.2. The molecule has 0 unspecified atom stereocenters. The van der Waals surface area contributed by atoms with Crippen LogP contribution in [0.5, 0.6) is 0 Å². The van der Waals surface area contributed by atoms with Gasteiger partial charge in [0.05, 0.1) is 17.7 Å². The van der Waals surface area contributed by atoms with Crippen molar-refractivity contribution in [3.8, 4) is 35.7 Å². The van der Waals surface area contributed by atoms with Crippen molar-refractivity contribution in [3.05, 3.63) is 41.2 Å². The average Bonchev–Trinajstić information content (AvgIpc) is 2.85. The second kappa shape index (κ2) is 5.36. The summed E-state index contributed by atoms with van der Waals surface area (Å²) < 4.78 is 1.39. The van der Waals surface area contributed by atoms with Gasteiger partial charge in [-0.05, 0) is 24.3 Å². The fourth-order valence-corrected chi connectivity index (χ4v) is 1.78. The van der Waals surface area contributed by atoms with E-state index in [4.69, 9.17) is 21.0 Å². The molecule has 92 valence electrons. The summed E-state index contributed by atoms with van der Waals surface area (Å²) in [5.74, 6) is 0.365. The Labute approximate surface area is 115 Å². The van der Waals surface area contributed by atoms with E-state index >= 15 is 0 Å². The van der Waals surface area contributed by atoms with Gasteiger partial charge in [-0.1, -0.05) is 0 Å². The molecule has 0 N–H and O–H groups in total. The van der Waals surface area contributed by atoms with Crippen molar-refractivity contribution in [2.24, 2.45) is 0 Å². The molecule has 0 saturated heterocycles. The summed E-state index contributed by atoms with van der Waals surface area (Å²) in [4.78, 5) is 4.09. The lowest BCUT2D eigenvalue weighted by atomic mass is 10.1. The molecule has 1 aromatic heterocycles. The fraction of sp³-hybridized carbons (Fsp3) is 0.0714. The normalized spacial score (nSPS) is 9.00. The number of nitrogens with zero attached hydrogens (tertiary/aromatic N) is 6. The second-order valence-corrected chi connectivity index (χ2v) is 3.79. The number of aromatic nitrogens is 2. The zero-order chi connectivity index (χ0) is 14.5. The fourth-order valence-electron chi connectivity index (χ4n) is 1.78. The van der Waals surface area contributed by atoms with E-state index in [-0.39, 0.29) is 17.9 Å². The maximum atomic E-state index is 9.09. The molecule has 6 nitrogen and oxygen atoms in total. The van der Waals surface area contributed by atoms with Crippen LogP contribution in [0.15, 0.2) is 24.3 Å². The standard InChI is InChI=1S/C14H6N6/c15-5-6-20-13(9-18)12(8-17)19-14(20)11-3-1-10(7-16)2-4-11/h1-4H,6H2. The SMILES string of the molecule is N#CCn1c(-c2ccc(C#N)cc2)nc(C#N)c1C#N. The molecule has 0 radical (unpaired) electrons. The molecule has 0 atom stereocenters. The Kier molecular flexibility index (Phi) is 3.44. The van der Waals surface area contributed by atoms with Crippen molar-refractivity contribution in [2.45, 2.75) is 6.54 Å². The molecule has 0 saturated carbocycles. The van der Waals surface area contributed by atoms with Crippen LogP contribution < -0.4 is 0 Å². The van der Waals surface area contributed by atoms with Gasteiger partial charge in [-0.25, -0.2) is 4.98 Å². The Morgan fingerprint density at radius 3 is 2.15 bits per heavy atom. The quantitative estimate of drug-likeness (QED) is 0.813. The first-order valence-electron chi connectivity index (χ1n) is 5.53. The predicted molar refractivity (Wildman–Crippen MR) is 67.4 cm³/mol. The first-order valence-corrected chi connectivity index (χ1v) is 5.53. The summed E-state index contributed by atoms with van der Waals surface area (Å²) in [7, 11) is 0. The third kappa shape index (κ3) is 2.06. The Morgan fingerprint density at radius 1 is 0.950 bits per heavy atom. The highest BCUT2D eigenvalue weighted by Crippen LogP contribution is 2.22. The highest BCUT2D eigenvalue weighted by atomic mass is 15.1. The first-order chi connectivity index (χ1) is 9.74. The van der Waals surface area contributed by atoms with Crippen molar-refractivity contribution in [3.63, 3.8) is 0 Å². The van der Waals surface area contributed by atoms with Crippen molar-refractivity contribution >= 4 is 0 Å². The van der Waals surface area contributed by atoms with Gasteiger partial charge in [-0.2, -0.15) is 21.0 Å². The largest absolute Gasteiger partial charge is 0.301 e. The lowest BCUT2D eigenvalue weighted by molar-refractivity contribution is 0.827. The highest BCUT2D eigenvalue weighted by Gasteiger charge is 2.17. The summed E-state index contributed by atoms with van der Waals surface area (Å²) in [6, 6.07) is 14.2. The number of imidazole rings is 1. The molecule has 0 amide bonds. The van der Waals surface area contributed by atoms with Crippen molar-refractivity contribution in [2.75, 3.05) is 0 Å². The number of rotatable bonds is 2. The van der Waals surface area contributed by atoms with Crippen molar-refractivity contribution < 1.29 is 0 Å². The van der Waals surface area contributed by atoms with E-state index in [2.05, 4.69) is 4.98 Å². The lowest BCUT2D eigenvalue weighted by Crippen LogP contribution is -2.02. The van der Waals surface area contributed by atoms with E-state index in [1.54, 1.807) is 24.3 Å². The van der Waals surface area contributed by atoms with Gasteiger partial charge in [0.25, 0.3) is 0 Å². The van der Waals surface area contributed by atoms with Crippen LogP contribution in [0.1, 0.15) is 17.0 Å². The summed E-state index contributed by atoms with van der Waals surface area (Å²) in [5, 5.41) is 35.7. The van der Waals surface area contributed by atoms with Gasteiger partial charge in [0.15, 0.2) is 11.4 Å². The molecule has 0 spiro atoms. The van der Waals surface area contributed by atoms with E-state index in [1.165, 1.54) is 4.57 Å². The van der Waals surface area contributed by atoms with Crippen molar-refractivity contribution in [1.82, 2.24) is 9.55 Å². The predicted octanol–water partition coefficient (Wildman–Crippen LogP) is 1.69. The minimum absolute atomic E-state index is 0.0119. The Hall–Kier alpha value is -3.61. The zero-order valence-corrected chi connectivity index (χ0v) is 10.2. The topological polar surface area (TPSA) is 113 Å². The van der Waals surface area contributed by atoms with Gasteiger partial charge in [0.1, 0.15) is 24.5 Å². The third-order valence-electron chi connectivity index (χ3n) is 2.68. The van der Waals surface area contributed by atoms with Gasteiger partial charge in [-0.3, -0.25) is 0 Å². The van der Waals surface area contributed by atoms with Gasteiger partial charge in [-0.15, -0.1) is 0 Å². The molecule has 0 aliphatic carbocycles. The molecule has 1 heterocycles. The minimum Gasteiger partial charge on any atom is -0.301 e. The van der Waals surface area contributed by atoms with E-state index in [0.717, 1.165) is 0 Å². The number of benzene rings is 1. The van der Waals surface area contributed by atoms with Gasteiger partial charge >= 0.3 is 0 Å². The summed E-state index contributed by atoms with van der Waals surface area (Å²) in [6.07, 6.45) is 0. The van der Waals surface area contributed by atoms with Gasteiger partial charge in [0, 0.05) is 5.56 Å². The molecule has 2 aromatic rings. The number of hydrogen-bond acceptors (Lipinski definition) is 5. The van der Waals surface area contributed by atoms with E-state index in [1.807, 2.05) is 24.3 Å².